The Balaban J connectivity index is 1.04. The van der Waals surface area contributed by atoms with Crippen molar-refractivity contribution in [1.29, 1.82) is 0 Å². The molecule has 1 saturated carbocycles. The molecule has 0 radical (unpaired) electrons. The number of piperidine rings is 1. The quantitative estimate of drug-likeness (QED) is 0.239. The minimum absolute atomic E-state index is 0.0397. The van der Waals surface area contributed by atoms with E-state index in [1.54, 1.807) is 16.7 Å². The first kappa shape index (κ1) is 26.1. The summed E-state index contributed by atoms with van der Waals surface area (Å²) in [6, 6.07) is 9.56. The van der Waals surface area contributed by atoms with Crippen LogP contribution < -0.4 is 4.87 Å². The Morgan fingerprint density at radius 3 is 2.56 bits per heavy atom. The van der Waals surface area contributed by atoms with Crippen molar-refractivity contribution in [3.63, 3.8) is 0 Å². The number of halogens is 3. The lowest BCUT2D eigenvalue weighted by Crippen LogP contribution is -2.39. The summed E-state index contributed by atoms with van der Waals surface area (Å²) in [7, 11) is 0. The van der Waals surface area contributed by atoms with Gasteiger partial charge in [-0.1, -0.05) is 17.4 Å². The molecule has 0 unspecified atom stereocenters. The van der Waals surface area contributed by atoms with Gasteiger partial charge in [0, 0.05) is 37.6 Å². The van der Waals surface area contributed by atoms with Crippen molar-refractivity contribution in [3.8, 4) is 22.6 Å². The lowest BCUT2D eigenvalue weighted by atomic mass is 10.0. The average Bonchev–Trinajstić information content (AvgIpc) is 3.37. The molecule has 9 nitrogen and oxygen atoms in total. The van der Waals surface area contributed by atoms with Crippen molar-refractivity contribution < 1.29 is 17.6 Å². The maximum atomic E-state index is 14.1. The molecule has 1 aromatic carbocycles. The lowest BCUT2D eigenvalue weighted by molar-refractivity contribution is 0.116. The highest BCUT2D eigenvalue weighted by Gasteiger charge is 2.44. The first-order valence-corrected chi connectivity index (χ1v) is 14.3. The van der Waals surface area contributed by atoms with Gasteiger partial charge in [0.05, 0.1) is 40.3 Å². The highest BCUT2D eigenvalue weighted by atomic mass is 32.1. The van der Waals surface area contributed by atoms with E-state index < -0.39 is 18.0 Å². The number of fused-ring (bicyclic) bond motifs is 1. The smallest absolute Gasteiger partial charge is 0.314 e. The second-order valence-corrected chi connectivity index (χ2v) is 11.8. The van der Waals surface area contributed by atoms with Crippen molar-refractivity contribution in [2.45, 2.75) is 50.4 Å². The zero-order chi connectivity index (χ0) is 28.1. The molecule has 0 amide bonds. The average molecular weight is 582 g/mol. The first-order valence-electron chi connectivity index (χ1n) is 13.5. The predicted molar refractivity (Wildman–Crippen MR) is 147 cm³/mol. The molecular weight excluding hydrogens is 555 g/mol. The van der Waals surface area contributed by atoms with Crippen LogP contribution in [0.1, 0.15) is 49.7 Å². The summed E-state index contributed by atoms with van der Waals surface area (Å²) in [4.78, 5) is 19.4. The molecule has 2 aliphatic rings. The van der Waals surface area contributed by atoms with Gasteiger partial charge in [-0.05, 0) is 55.5 Å². The van der Waals surface area contributed by atoms with Crippen LogP contribution in [-0.4, -0.2) is 59.7 Å². The van der Waals surface area contributed by atoms with E-state index >= 15 is 0 Å². The van der Waals surface area contributed by atoms with Gasteiger partial charge in [0.2, 0.25) is 5.89 Å². The van der Waals surface area contributed by atoms with E-state index in [0.29, 0.717) is 36.7 Å². The zero-order valence-corrected chi connectivity index (χ0v) is 22.7. The summed E-state index contributed by atoms with van der Waals surface area (Å²) >= 11 is 1.17. The number of alkyl halides is 3. The van der Waals surface area contributed by atoms with Crippen molar-refractivity contribution >= 4 is 21.6 Å². The Morgan fingerprint density at radius 2 is 1.85 bits per heavy atom. The molecule has 5 aromatic rings. The van der Waals surface area contributed by atoms with E-state index in [9.17, 15) is 18.0 Å². The summed E-state index contributed by atoms with van der Waals surface area (Å²) in [6.07, 6.45) is 5.80. The number of likely N-dealkylation sites (tertiary alicyclic amines) is 1. The van der Waals surface area contributed by atoms with E-state index in [1.807, 2.05) is 29.1 Å². The molecule has 0 bridgehead atoms. The third-order valence-corrected chi connectivity index (χ3v) is 8.79. The summed E-state index contributed by atoms with van der Waals surface area (Å²) < 4.78 is 49.1. The highest BCUT2D eigenvalue weighted by molar-refractivity contribution is 7.16. The minimum atomic E-state index is -2.84. The lowest BCUT2D eigenvalue weighted by Gasteiger charge is -2.32. The number of rotatable bonds is 8. The molecule has 5 heterocycles. The maximum absolute atomic E-state index is 14.1. The third kappa shape index (κ3) is 5.31. The summed E-state index contributed by atoms with van der Waals surface area (Å²) in [5.41, 5.74) is 2.85. The van der Waals surface area contributed by atoms with Gasteiger partial charge in [0.15, 0.2) is 0 Å². The molecule has 1 aliphatic heterocycles. The van der Waals surface area contributed by atoms with Gasteiger partial charge < -0.3 is 9.32 Å². The highest BCUT2D eigenvalue weighted by Crippen LogP contribution is 2.41. The first-order chi connectivity index (χ1) is 19.8. The van der Waals surface area contributed by atoms with E-state index in [2.05, 4.69) is 31.4 Å². The monoisotopic (exact) mass is 581 g/mol. The van der Waals surface area contributed by atoms with Crippen LogP contribution in [0, 0.1) is 0 Å². The fraction of sp³-hybridized carbons (Fsp3) is 0.393. The second-order valence-electron chi connectivity index (χ2n) is 10.8. The van der Waals surface area contributed by atoms with Crippen molar-refractivity contribution in [1.82, 2.24) is 34.4 Å². The van der Waals surface area contributed by atoms with E-state index in [1.165, 1.54) is 17.5 Å². The number of hydrogen-bond acceptors (Lipinski definition) is 8. The number of benzene rings is 1. The normalized spacial score (nSPS) is 17.6. The Kier molecular flexibility index (Phi) is 6.50. The third-order valence-electron chi connectivity index (χ3n) is 7.85. The van der Waals surface area contributed by atoms with E-state index in [0.717, 1.165) is 47.3 Å². The molecule has 4 aromatic heterocycles. The number of thiazole rings is 1. The number of pyridine rings is 1. The van der Waals surface area contributed by atoms with Crippen LogP contribution >= 0.6 is 11.3 Å². The molecular formula is C28H26F3N7O2S. The molecule has 7 rings (SSSR count). The SMILES string of the molecule is O=c1sc2cc(-c3cnn(C4CCN(CC5(F)CC5)CC4)c3)ccc2n1Cc1ccc(-c2nnc(C(F)F)o2)cn1. The van der Waals surface area contributed by atoms with Gasteiger partial charge in [0.25, 0.3) is 5.89 Å². The topological polar surface area (TPSA) is 94.9 Å². The van der Waals surface area contributed by atoms with Crippen molar-refractivity contribution in [3.05, 3.63) is 70.2 Å². The summed E-state index contributed by atoms with van der Waals surface area (Å²) in [5, 5.41) is 11.6. The van der Waals surface area contributed by atoms with Crippen LogP contribution in [0.15, 0.2) is 58.1 Å². The van der Waals surface area contributed by atoms with Crippen molar-refractivity contribution in [2.24, 2.45) is 0 Å². The van der Waals surface area contributed by atoms with Gasteiger partial charge in [-0.3, -0.25) is 19.0 Å². The standard InChI is InChI=1S/C28H26F3N7O2S/c29-24(30)26-35-34-25(40-26)18-1-3-20(32-12-18)15-37-22-4-2-17(11-23(22)41-27(37)39)19-13-33-38(14-19)21-5-9-36(10-6-21)16-28(31)7-8-28/h1-4,11-14,21,24H,5-10,15-16H2. The van der Waals surface area contributed by atoms with Crippen LogP contribution in [0.2, 0.25) is 0 Å². The largest absolute Gasteiger partial charge is 0.415 e. The number of hydrogen-bond donors (Lipinski definition) is 0. The Labute approximate surface area is 236 Å². The summed E-state index contributed by atoms with van der Waals surface area (Å²) in [6.45, 7) is 2.57. The molecule has 212 valence electrons. The molecule has 1 aliphatic carbocycles. The van der Waals surface area contributed by atoms with Gasteiger partial charge in [-0.25, -0.2) is 4.39 Å². The van der Waals surface area contributed by atoms with Gasteiger partial charge in [-0.2, -0.15) is 13.9 Å². The Hall–Kier alpha value is -3.84. The second kappa shape index (κ2) is 10.2. The Bertz CT molecular complexity index is 1750. The van der Waals surface area contributed by atoms with Gasteiger partial charge in [-0.15, -0.1) is 10.2 Å². The van der Waals surface area contributed by atoms with E-state index in [-0.39, 0.29) is 17.3 Å². The molecule has 13 heteroatoms. The van der Waals surface area contributed by atoms with Crippen LogP contribution in [0.25, 0.3) is 32.8 Å². The fourth-order valence-electron chi connectivity index (χ4n) is 5.36. The van der Waals surface area contributed by atoms with Crippen LogP contribution in [0.5, 0.6) is 0 Å². The number of nitrogens with zero attached hydrogens (tertiary/aromatic N) is 7. The van der Waals surface area contributed by atoms with Gasteiger partial charge >= 0.3 is 11.3 Å². The van der Waals surface area contributed by atoms with Crippen molar-refractivity contribution in [2.75, 3.05) is 19.6 Å². The predicted octanol–water partition coefficient (Wildman–Crippen LogP) is 5.50. The number of aromatic nitrogens is 6. The molecule has 1 saturated heterocycles. The van der Waals surface area contributed by atoms with E-state index in [4.69, 9.17) is 4.42 Å². The Morgan fingerprint density at radius 1 is 1.05 bits per heavy atom. The minimum Gasteiger partial charge on any atom is -0.415 e. The molecule has 0 N–H and O–H groups in total. The van der Waals surface area contributed by atoms with Gasteiger partial charge in [0.1, 0.15) is 5.67 Å². The fourth-order valence-corrected chi connectivity index (χ4v) is 6.29. The zero-order valence-electron chi connectivity index (χ0n) is 21.9. The molecule has 41 heavy (non-hydrogen) atoms. The maximum Gasteiger partial charge on any atom is 0.314 e. The van der Waals surface area contributed by atoms with Crippen LogP contribution in [-0.2, 0) is 6.54 Å². The molecule has 2 fully saturated rings. The van der Waals surface area contributed by atoms with Crippen LogP contribution in [0.3, 0.4) is 0 Å². The summed E-state index contributed by atoms with van der Waals surface area (Å²) in [5.74, 6) is -0.782. The molecule has 0 spiro atoms. The molecule has 0 atom stereocenters. The van der Waals surface area contributed by atoms with Crippen LogP contribution in [0.4, 0.5) is 13.2 Å².